The number of rotatable bonds is 3. The number of nitrogens with one attached hydrogen (secondary N) is 1. The van der Waals surface area contributed by atoms with Crippen molar-refractivity contribution in [1.82, 2.24) is 5.32 Å². The quantitative estimate of drug-likeness (QED) is 0.882. The average Bonchev–Trinajstić information content (AvgIpc) is 2.28. The van der Waals surface area contributed by atoms with Gasteiger partial charge >= 0.3 is 0 Å². The van der Waals surface area contributed by atoms with E-state index in [9.17, 15) is 0 Å². The first-order valence-electron chi connectivity index (χ1n) is 5.46. The van der Waals surface area contributed by atoms with E-state index in [1.54, 1.807) is 0 Å². The minimum Gasteiger partial charge on any atom is -0.486 e. The molecule has 1 aromatic carbocycles. The molecule has 4 heteroatoms. The first-order valence-corrected chi connectivity index (χ1v) is 5.84. The van der Waals surface area contributed by atoms with Crippen LogP contribution in [0.25, 0.3) is 0 Å². The molecule has 2 rings (SSSR count). The van der Waals surface area contributed by atoms with Gasteiger partial charge in [-0.1, -0.05) is 18.5 Å². The zero-order valence-corrected chi connectivity index (χ0v) is 10.3. The zero-order chi connectivity index (χ0) is 11.5. The molecule has 1 atom stereocenters. The number of hydrogen-bond acceptors (Lipinski definition) is 3. The van der Waals surface area contributed by atoms with Gasteiger partial charge in [-0.3, -0.25) is 0 Å². The van der Waals surface area contributed by atoms with Crippen LogP contribution in [0.3, 0.4) is 0 Å². The lowest BCUT2D eigenvalue weighted by atomic mass is 10.0. The first kappa shape index (κ1) is 11.6. The maximum Gasteiger partial charge on any atom is 0.162 e. The second kappa shape index (κ2) is 4.93. The molecule has 0 amide bonds. The lowest BCUT2D eigenvalue weighted by Gasteiger charge is -2.21. The van der Waals surface area contributed by atoms with Gasteiger partial charge < -0.3 is 14.8 Å². The van der Waals surface area contributed by atoms with E-state index in [-0.39, 0.29) is 0 Å². The lowest BCUT2D eigenvalue weighted by Crippen LogP contribution is -2.18. The fourth-order valence-electron chi connectivity index (χ4n) is 1.87. The molecule has 16 heavy (non-hydrogen) atoms. The van der Waals surface area contributed by atoms with Gasteiger partial charge in [-0.15, -0.1) is 0 Å². The van der Waals surface area contributed by atoms with Crippen molar-refractivity contribution in [3.63, 3.8) is 0 Å². The van der Waals surface area contributed by atoms with Crippen molar-refractivity contribution in [1.29, 1.82) is 0 Å². The summed E-state index contributed by atoms with van der Waals surface area (Å²) in [6.07, 6.45) is 0. The van der Waals surface area contributed by atoms with Crippen molar-refractivity contribution in [2.45, 2.75) is 12.8 Å². The van der Waals surface area contributed by atoms with Crippen LogP contribution in [0.2, 0.25) is 5.02 Å². The highest BCUT2D eigenvalue weighted by molar-refractivity contribution is 6.31. The first-order chi connectivity index (χ1) is 7.72. The van der Waals surface area contributed by atoms with Crippen LogP contribution in [0.1, 0.15) is 18.4 Å². The summed E-state index contributed by atoms with van der Waals surface area (Å²) in [5.41, 5.74) is 1.10. The molecule has 0 aromatic heterocycles. The second-order valence-electron chi connectivity index (χ2n) is 3.98. The fourth-order valence-corrected chi connectivity index (χ4v) is 2.21. The van der Waals surface area contributed by atoms with Gasteiger partial charge in [0.1, 0.15) is 13.2 Å². The van der Waals surface area contributed by atoms with E-state index in [0.717, 1.165) is 28.6 Å². The molecular weight excluding hydrogens is 226 g/mol. The Labute approximate surface area is 101 Å². The largest absolute Gasteiger partial charge is 0.486 e. The molecular formula is C12H16ClNO2. The Hall–Kier alpha value is -0.930. The average molecular weight is 242 g/mol. The van der Waals surface area contributed by atoms with E-state index in [0.29, 0.717) is 19.1 Å². The van der Waals surface area contributed by atoms with Gasteiger partial charge in [-0.05, 0) is 24.6 Å². The van der Waals surface area contributed by atoms with Gasteiger partial charge in [0, 0.05) is 17.6 Å². The lowest BCUT2D eigenvalue weighted by molar-refractivity contribution is 0.171. The van der Waals surface area contributed by atoms with E-state index in [4.69, 9.17) is 21.1 Å². The highest BCUT2D eigenvalue weighted by atomic mass is 35.5. The molecule has 88 valence electrons. The molecule has 1 N–H and O–H groups in total. The van der Waals surface area contributed by atoms with Crippen LogP contribution in [0.4, 0.5) is 0 Å². The maximum absolute atomic E-state index is 6.23. The normalized spacial score (nSPS) is 15.9. The van der Waals surface area contributed by atoms with Crippen LogP contribution in [0, 0.1) is 0 Å². The summed E-state index contributed by atoms with van der Waals surface area (Å²) in [5.74, 6) is 1.90. The van der Waals surface area contributed by atoms with Gasteiger partial charge in [0.05, 0.1) is 0 Å². The molecule has 1 aliphatic heterocycles. The standard InChI is InChI=1S/C12H16ClNO2/c1-8(7-14-2)9-5-11-12(6-10(9)13)16-4-3-15-11/h5-6,8,14H,3-4,7H2,1-2H3. The molecule has 0 spiro atoms. The van der Waals surface area contributed by atoms with Crippen LogP contribution in [0.5, 0.6) is 11.5 Å². The molecule has 0 aliphatic carbocycles. The van der Waals surface area contributed by atoms with Gasteiger partial charge in [0.15, 0.2) is 11.5 Å². The minimum atomic E-state index is 0.355. The van der Waals surface area contributed by atoms with E-state index in [1.807, 2.05) is 19.2 Å². The minimum absolute atomic E-state index is 0.355. The van der Waals surface area contributed by atoms with Crippen molar-refractivity contribution >= 4 is 11.6 Å². The van der Waals surface area contributed by atoms with E-state index >= 15 is 0 Å². The van der Waals surface area contributed by atoms with Crippen LogP contribution in [-0.4, -0.2) is 26.8 Å². The van der Waals surface area contributed by atoms with Crippen molar-refractivity contribution in [2.75, 3.05) is 26.8 Å². The molecule has 1 aromatic rings. The van der Waals surface area contributed by atoms with E-state index in [1.165, 1.54) is 0 Å². The molecule has 1 unspecified atom stereocenters. The Morgan fingerprint density at radius 3 is 2.56 bits per heavy atom. The number of halogens is 1. The Balaban J connectivity index is 2.31. The molecule has 0 saturated heterocycles. The third kappa shape index (κ3) is 2.25. The van der Waals surface area contributed by atoms with Gasteiger partial charge in [-0.25, -0.2) is 0 Å². The summed E-state index contributed by atoms with van der Waals surface area (Å²) in [6, 6.07) is 3.83. The summed E-state index contributed by atoms with van der Waals surface area (Å²) >= 11 is 6.23. The Bertz CT molecular complexity index is 382. The predicted octanol–water partition coefficient (Wildman–Crippen LogP) is 2.43. The number of benzene rings is 1. The highest BCUT2D eigenvalue weighted by Gasteiger charge is 2.17. The number of hydrogen-bond donors (Lipinski definition) is 1. The number of fused-ring (bicyclic) bond motifs is 1. The summed E-state index contributed by atoms with van der Waals surface area (Å²) in [4.78, 5) is 0. The Morgan fingerprint density at radius 1 is 1.31 bits per heavy atom. The molecule has 1 aliphatic rings. The number of likely N-dealkylation sites (N-methyl/N-ethyl adjacent to an activating group) is 1. The molecule has 0 saturated carbocycles. The molecule has 0 radical (unpaired) electrons. The third-order valence-electron chi connectivity index (χ3n) is 2.70. The Morgan fingerprint density at radius 2 is 1.94 bits per heavy atom. The Kier molecular flexibility index (Phi) is 3.56. The van der Waals surface area contributed by atoms with Crippen LogP contribution in [-0.2, 0) is 0 Å². The van der Waals surface area contributed by atoms with E-state index in [2.05, 4.69) is 12.2 Å². The van der Waals surface area contributed by atoms with Crippen LogP contribution >= 0.6 is 11.6 Å². The van der Waals surface area contributed by atoms with Crippen molar-refractivity contribution in [2.24, 2.45) is 0 Å². The second-order valence-corrected chi connectivity index (χ2v) is 4.38. The smallest absolute Gasteiger partial charge is 0.162 e. The van der Waals surface area contributed by atoms with Crippen molar-refractivity contribution in [3.8, 4) is 11.5 Å². The monoisotopic (exact) mass is 241 g/mol. The zero-order valence-electron chi connectivity index (χ0n) is 9.55. The summed E-state index contributed by atoms with van der Waals surface area (Å²) in [6.45, 7) is 4.22. The topological polar surface area (TPSA) is 30.5 Å². The summed E-state index contributed by atoms with van der Waals surface area (Å²) in [7, 11) is 1.93. The maximum atomic E-state index is 6.23. The molecule has 3 nitrogen and oxygen atoms in total. The van der Waals surface area contributed by atoms with Gasteiger partial charge in [0.2, 0.25) is 0 Å². The van der Waals surface area contributed by atoms with Crippen LogP contribution < -0.4 is 14.8 Å². The fraction of sp³-hybridized carbons (Fsp3) is 0.500. The number of ether oxygens (including phenoxy) is 2. The SMILES string of the molecule is CNCC(C)c1cc2c(cc1Cl)OCCO2. The van der Waals surface area contributed by atoms with Crippen LogP contribution in [0.15, 0.2) is 12.1 Å². The highest BCUT2D eigenvalue weighted by Crippen LogP contribution is 2.37. The summed E-state index contributed by atoms with van der Waals surface area (Å²) in [5, 5.41) is 3.89. The van der Waals surface area contributed by atoms with Crippen molar-refractivity contribution in [3.05, 3.63) is 22.7 Å². The van der Waals surface area contributed by atoms with E-state index < -0.39 is 0 Å². The molecule has 1 heterocycles. The predicted molar refractivity (Wildman–Crippen MR) is 64.8 cm³/mol. The van der Waals surface area contributed by atoms with Gasteiger partial charge in [-0.2, -0.15) is 0 Å². The van der Waals surface area contributed by atoms with Gasteiger partial charge in [0.25, 0.3) is 0 Å². The molecule has 0 bridgehead atoms. The summed E-state index contributed by atoms with van der Waals surface area (Å²) < 4.78 is 11.0. The van der Waals surface area contributed by atoms with Crippen molar-refractivity contribution < 1.29 is 9.47 Å². The molecule has 0 fully saturated rings. The third-order valence-corrected chi connectivity index (χ3v) is 3.03.